The van der Waals surface area contributed by atoms with E-state index >= 15 is 0 Å². The lowest BCUT2D eigenvalue weighted by atomic mass is 9.96. The second kappa shape index (κ2) is 7.95. The first-order valence-corrected chi connectivity index (χ1v) is 9.50. The summed E-state index contributed by atoms with van der Waals surface area (Å²) >= 11 is 1.13. The van der Waals surface area contributed by atoms with Gasteiger partial charge in [-0.1, -0.05) is 32.9 Å². The summed E-state index contributed by atoms with van der Waals surface area (Å²) in [6, 6.07) is 5.97. The van der Waals surface area contributed by atoms with E-state index in [0.29, 0.717) is 21.0 Å². The van der Waals surface area contributed by atoms with Crippen LogP contribution in [0.5, 0.6) is 0 Å². The Kier molecular flexibility index (Phi) is 6.23. The fourth-order valence-corrected chi connectivity index (χ4v) is 3.37. The first-order chi connectivity index (χ1) is 12.8. The van der Waals surface area contributed by atoms with E-state index < -0.39 is 29.1 Å². The average Bonchev–Trinajstić information content (AvgIpc) is 2.93. The van der Waals surface area contributed by atoms with Gasteiger partial charge in [0.1, 0.15) is 0 Å². The second-order valence-electron chi connectivity index (χ2n) is 7.65. The smallest absolute Gasteiger partial charge is 0.345 e. The van der Waals surface area contributed by atoms with Gasteiger partial charge < -0.3 is 10.6 Å². The van der Waals surface area contributed by atoms with Crippen LogP contribution in [0.1, 0.15) is 60.1 Å². The Hall–Kier alpha value is -2.35. The number of hydrogen-bond acceptors (Lipinski definition) is 3. The lowest BCUT2D eigenvalue weighted by Gasteiger charge is -2.16. The van der Waals surface area contributed by atoms with Crippen LogP contribution in [0, 0.1) is 12.3 Å². The van der Waals surface area contributed by atoms with Crippen molar-refractivity contribution in [1.82, 2.24) is 5.32 Å². The molecule has 2 rings (SSSR count). The Bertz CT molecular complexity index is 882. The SMILES string of the molecule is Cc1cc(NC(=O)C(C)(C)C)sc1C(=O)N[C@H](C)c1cccc(C(F)(F)F)c1. The Labute approximate surface area is 166 Å². The molecule has 1 atom stereocenters. The highest BCUT2D eigenvalue weighted by molar-refractivity contribution is 7.18. The van der Waals surface area contributed by atoms with Gasteiger partial charge >= 0.3 is 6.18 Å². The van der Waals surface area contributed by atoms with Gasteiger partial charge in [-0.25, -0.2) is 0 Å². The second-order valence-corrected chi connectivity index (χ2v) is 8.70. The van der Waals surface area contributed by atoms with Gasteiger partial charge in [-0.15, -0.1) is 11.3 Å². The van der Waals surface area contributed by atoms with Gasteiger partial charge in [0.2, 0.25) is 5.91 Å². The Balaban J connectivity index is 2.14. The van der Waals surface area contributed by atoms with E-state index in [4.69, 9.17) is 0 Å². The minimum Gasteiger partial charge on any atom is -0.345 e. The van der Waals surface area contributed by atoms with Crippen molar-refractivity contribution in [3.8, 4) is 0 Å². The summed E-state index contributed by atoms with van der Waals surface area (Å²) in [5.74, 6) is -0.568. The third kappa shape index (κ3) is 5.34. The lowest BCUT2D eigenvalue weighted by molar-refractivity contribution is -0.137. The van der Waals surface area contributed by atoms with Gasteiger partial charge in [0.05, 0.1) is 21.5 Å². The number of benzene rings is 1. The maximum Gasteiger partial charge on any atom is 0.416 e. The molecule has 2 amide bonds. The minimum absolute atomic E-state index is 0.168. The number of carbonyl (C=O) groups is 2. The molecule has 0 bridgehead atoms. The molecule has 0 fully saturated rings. The number of carbonyl (C=O) groups excluding carboxylic acids is 2. The van der Waals surface area contributed by atoms with E-state index in [1.165, 1.54) is 12.1 Å². The fraction of sp³-hybridized carbons (Fsp3) is 0.400. The molecule has 0 aliphatic rings. The van der Waals surface area contributed by atoms with Gasteiger partial charge in [-0.05, 0) is 43.2 Å². The standard InChI is InChI=1S/C20H23F3N2O2S/c1-11-9-15(25-18(27)19(3,4)5)28-16(11)17(26)24-12(2)13-7-6-8-14(10-13)20(21,22)23/h6-10,12H,1-5H3,(H,24,26)(H,25,27)/t12-/m1/s1. The molecule has 1 heterocycles. The molecule has 0 aliphatic carbocycles. The number of amides is 2. The van der Waals surface area contributed by atoms with Crippen LogP contribution < -0.4 is 10.6 Å². The number of rotatable bonds is 4. The van der Waals surface area contributed by atoms with Crippen molar-refractivity contribution in [2.24, 2.45) is 5.41 Å². The number of halogens is 3. The van der Waals surface area contributed by atoms with Gasteiger partial charge in [0.25, 0.3) is 5.91 Å². The van der Waals surface area contributed by atoms with Gasteiger partial charge in [-0.2, -0.15) is 13.2 Å². The highest BCUT2D eigenvalue weighted by Gasteiger charge is 2.31. The number of anilines is 1. The summed E-state index contributed by atoms with van der Waals surface area (Å²) in [4.78, 5) is 25.1. The first kappa shape index (κ1) is 21.9. The predicted molar refractivity (Wildman–Crippen MR) is 104 cm³/mol. The lowest BCUT2D eigenvalue weighted by Crippen LogP contribution is -2.27. The topological polar surface area (TPSA) is 58.2 Å². The van der Waals surface area contributed by atoms with Gasteiger partial charge in [0, 0.05) is 5.41 Å². The van der Waals surface area contributed by atoms with E-state index in [1.54, 1.807) is 40.7 Å². The summed E-state index contributed by atoms with van der Waals surface area (Å²) < 4.78 is 38.6. The van der Waals surface area contributed by atoms with Crippen LogP contribution in [-0.4, -0.2) is 11.8 Å². The molecule has 0 unspecified atom stereocenters. The average molecular weight is 412 g/mol. The monoisotopic (exact) mass is 412 g/mol. The third-order valence-electron chi connectivity index (χ3n) is 4.10. The van der Waals surface area contributed by atoms with Crippen molar-refractivity contribution in [2.75, 3.05) is 5.32 Å². The molecular formula is C20H23F3N2O2S. The number of thiophene rings is 1. The molecule has 1 aromatic carbocycles. The molecule has 8 heteroatoms. The van der Waals surface area contributed by atoms with Crippen LogP contribution in [0.15, 0.2) is 30.3 Å². The molecule has 0 spiro atoms. The summed E-state index contributed by atoms with van der Waals surface area (Å²) in [6.45, 7) is 8.72. The Morgan fingerprint density at radius 1 is 1.11 bits per heavy atom. The molecule has 2 aromatic rings. The zero-order valence-electron chi connectivity index (χ0n) is 16.3. The molecular weight excluding hydrogens is 389 g/mol. The maximum absolute atomic E-state index is 12.9. The fourth-order valence-electron chi connectivity index (χ4n) is 2.40. The van der Waals surface area contributed by atoms with Crippen LogP contribution in [0.2, 0.25) is 0 Å². The molecule has 28 heavy (non-hydrogen) atoms. The number of hydrogen-bond donors (Lipinski definition) is 2. The normalized spacial score (nSPS) is 13.1. The maximum atomic E-state index is 12.9. The molecule has 4 nitrogen and oxygen atoms in total. The molecule has 152 valence electrons. The molecule has 0 saturated carbocycles. The molecule has 1 aromatic heterocycles. The van der Waals surface area contributed by atoms with Crippen LogP contribution in [-0.2, 0) is 11.0 Å². The van der Waals surface area contributed by atoms with Gasteiger partial charge in [0.15, 0.2) is 0 Å². The molecule has 0 saturated heterocycles. The van der Waals surface area contributed by atoms with Crippen molar-refractivity contribution in [3.63, 3.8) is 0 Å². The highest BCUT2D eigenvalue weighted by Crippen LogP contribution is 2.32. The van der Waals surface area contributed by atoms with Crippen molar-refractivity contribution in [1.29, 1.82) is 0 Å². The van der Waals surface area contributed by atoms with Crippen molar-refractivity contribution in [3.05, 3.63) is 51.9 Å². The zero-order valence-corrected chi connectivity index (χ0v) is 17.1. The van der Waals surface area contributed by atoms with Crippen LogP contribution in [0.4, 0.5) is 18.2 Å². The summed E-state index contributed by atoms with van der Waals surface area (Å²) in [5, 5.41) is 6.05. The zero-order chi connectivity index (χ0) is 21.3. The van der Waals surface area contributed by atoms with Gasteiger partial charge in [-0.3, -0.25) is 9.59 Å². The van der Waals surface area contributed by atoms with Crippen molar-refractivity contribution < 1.29 is 22.8 Å². The van der Waals surface area contributed by atoms with E-state index in [1.807, 2.05) is 0 Å². The van der Waals surface area contributed by atoms with Crippen LogP contribution >= 0.6 is 11.3 Å². The van der Waals surface area contributed by atoms with Crippen molar-refractivity contribution in [2.45, 2.75) is 46.8 Å². The van der Waals surface area contributed by atoms with Crippen LogP contribution in [0.25, 0.3) is 0 Å². The van der Waals surface area contributed by atoms with Crippen molar-refractivity contribution >= 4 is 28.2 Å². The molecule has 0 radical (unpaired) electrons. The quantitative estimate of drug-likeness (QED) is 0.692. The largest absolute Gasteiger partial charge is 0.416 e. The highest BCUT2D eigenvalue weighted by atomic mass is 32.1. The van der Waals surface area contributed by atoms with Crippen LogP contribution in [0.3, 0.4) is 0 Å². The number of nitrogens with one attached hydrogen (secondary N) is 2. The molecule has 2 N–H and O–H groups in total. The number of aryl methyl sites for hydroxylation is 1. The Morgan fingerprint density at radius 3 is 2.32 bits per heavy atom. The Morgan fingerprint density at radius 2 is 1.75 bits per heavy atom. The van der Waals surface area contributed by atoms with E-state index in [2.05, 4.69) is 10.6 Å². The molecule has 0 aliphatic heterocycles. The van der Waals surface area contributed by atoms with E-state index in [0.717, 1.165) is 23.5 Å². The summed E-state index contributed by atoms with van der Waals surface area (Å²) in [6.07, 6.45) is -4.44. The number of alkyl halides is 3. The van der Waals surface area contributed by atoms with E-state index in [-0.39, 0.29) is 5.91 Å². The van der Waals surface area contributed by atoms with E-state index in [9.17, 15) is 22.8 Å². The summed E-state index contributed by atoms with van der Waals surface area (Å²) in [7, 11) is 0. The predicted octanol–water partition coefficient (Wildman–Crippen LogP) is 5.55. The minimum atomic E-state index is -4.44. The first-order valence-electron chi connectivity index (χ1n) is 8.69. The third-order valence-corrected chi connectivity index (χ3v) is 5.25. The summed E-state index contributed by atoms with van der Waals surface area (Å²) in [5.41, 5.74) is -0.287.